The van der Waals surface area contributed by atoms with E-state index in [4.69, 9.17) is 9.84 Å². The molecule has 1 aliphatic rings. The van der Waals surface area contributed by atoms with E-state index in [1.54, 1.807) is 7.11 Å². The summed E-state index contributed by atoms with van der Waals surface area (Å²) in [6, 6.07) is 7.92. The average molecular weight is 246 g/mol. The van der Waals surface area contributed by atoms with E-state index < -0.39 is 5.97 Å². The quantitative estimate of drug-likeness (QED) is 0.832. The van der Waals surface area contributed by atoms with E-state index in [1.807, 2.05) is 24.3 Å². The molecule has 1 aromatic rings. The van der Waals surface area contributed by atoms with E-state index in [2.05, 4.69) is 0 Å². The first-order valence-corrected chi connectivity index (χ1v) is 6.28. The molecule has 18 heavy (non-hydrogen) atoms. The predicted molar refractivity (Wildman–Crippen MR) is 69.9 cm³/mol. The molecule has 3 nitrogen and oxygen atoms in total. The highest BCUT2D eigenvalue weighted by Crippen LogP contribution is 2.38. The van der Waals surface area contributed by atoms with E-state index in [-0.39, 0.29) is 5.92 Å². The second-order valence-corrected chi connectivity index (χ2v) is 4.63. The van der Waals surface area contributed by atoms with Gasteiger partial charge < -0.3 is 9.84 Å². The molecule has 1 N–H and O–H groups in total. The first-order valence-electron chi connectivity index (χ1n) is 6.28. The maximum atomic E-state index is 10.9. The number of carboxylic acids is 1. The molecule has 1 saturated carbocycles. The number of carbonyl (C=O) groups is 1. The van der Waals surface area contributed by atoms with Crippen molar-refractivity contribution in [2.75, 3.05) is 7.11 Å². The fourth-order valence-corrected chi connectivity index (χ4v) is 2.61. The summed E-state index contributed by atoms with van der Waals surface area (Å²) < 4.78 is 5.23. The van der Waals surface area contributed by atoms with Gasteiger partial charge in [0.2, 0.25) is 0 Å². The zero-order valence-electron chi connectivity index (χ0n) is 10.6. The first-order chi connectivity index (χ1) is 8.70. The summed E-state index contributed by atoms with van der Waals surface area (Å²) in [5.74, 6) is 0.206. The smallest absolute Gasteiger partial charge is 0.328 e. The Morgan fingerprint density at radius 3 is 3.00 bits per heavy atom. The van der Waals surface area contributed by atoms with Crippen LogP contribution in [0.25, 0.3) is 0 Å². The summed E-state index contributed by atoms with van der Waals surface area (Å²) in [6.45, 7) is 0. The van der Waals surface area contributed by atoms with Crippen LogP contribution in [-0.4, -0.2) is 18.2 Å². The van der Waals surface area contributed by atoms with Crippen molar-refractivity contribution < 1.29 is 14.6 Å². The molecule has 1 fully saturated rings. The molecular formula is C15H18O3. The van der Waals surface area contributed by atoms with E-state index >= 15 is 0 Å². The fraction of sp³-hybridized carbons (Fsp3) is 0.400. The summed E-state index contributed by atoms with van der Waals surface area (Å²) in [5.41, 5.74) is 2.18. The lowest BCUT2D eigenvalue weighted by atomic mass is 9.79. The van der Waals surface area contributed by atoms with Crippen LogP contribution in [0.3, 0.4) is 0 Å². The summed E-state index contributed by atoms with van der Waals surface area (Å²) in [6.07, 6.45) is 5.52. The van der Waals surface area contributed by atoms with Crippen molar-refractivity contribution in [3.05, 3.63) is 41.5 Å². The number of ether oxygens (including phenoxy) is 1. The van der Waals surface area contributed by atoms with Crippen molar-refractivity contribution in [2.45, 2.75) is 31.6 Å². The van der Waals surface area contributed by atoms with Crippen LogP contribution in [0.1, 0.15) is 37.2 Å². The molecule has 0 spiro atoms. The lowest BCUT2D eigenvalue weighted by Crippen LogP contribution is -2.10. The lowest BCUT2D eigenvalue weighted by molar-refractivity contribution is -0.131. The van der Waals surface area contributed by atoms with Crippen molar-refractivity contribution in [1.29, 1.82) is 0 Å². The Morgan fingerprint density at radius 2 is 2.28 bits per heavy atom. The number of aliphatic carboxylic acids is 1. The van der Waals surface area contributed by atoms with Crippen LogP contribution in [0.15, 0.2) is 35.9 Å². The molecule has 0 aromatic heterocycles. The third kappa shape index (κ3) is 2.92. The molecule has 1 atom stereocenters. The second kappa shape index (κ2) is 5.71. The highest BCUT2D eigenvalue weighted by atomic mass is 16.5. The van der Waals surface area contributed by atoms with E-state index in [1.165, 1.54) is 6.08 Å². The topological polar surface area (TPSA) is 46.5 Å². The Kier molecular flexibility index (Phi) is 4.03. The van der Waals surface area contributed by atoms with Crippen LogP contribution in [0.4, 0.5) is 0 Å². The summed E-state index contributed by atoms with van der Waals surface area (Å²) in [4.78, 5) is 10.9. The molecule has 0 amide bonds. The van der Waals surface area contributed by atoms with Crippen LogP contribution in [0, 0.1) is 0 Å². The number of hydrogen-bond acceptors (Lipinski definition) is 2. The standard InChI is InChI=1S/C15H18O3/c1-18-13-7-4-6-11(9-13)14-8-3-2-5-12(14)10-15(16)17/h4,6-7,9-10,14H,2-3,5,8H2,1H3,(H,16,17). The van der Waals surface area contributed by atoms with Crippen LogP contribution < -0.4 is 4.74 Å². The molecule has 1 aromatic carbocycles. The lowest BCUT2D eigenvalue weighted by Gasteiger charge is -2.25. The Morgan fingerprint density at radius 1 is 1.44 bits per heavy atom. The van der Waals surface area contributed by atoms with Crippen LogP contribution in [-0.2, 0) is 4.79 Å². The third-order valence-electron chi connectivity index (χ3n) is 3.46. The molecule has 3 heteroatoms. The predicted octanol–water partition coefficient (Wildman–Crippen LogP) is 3.36. The van der Waals surface area contributed by atoms with Crippen LogP contribution >= 0.6 is 0 Å². The fourth-order valence-electron chi connectivity index (χ4n) is 2.61. The van der Waals surface area contributed by atoms with Gasteiger partial charge in [-0.05, 0) is 37.0 Å². The maximum Gasteiger partial charge on any atom is 0.328 e. The van der Waals surface area contributed by atoms with Gasteiger partial charge in [-0.2, -0.15) is 0 Å². The van der Waals surface area contributed by atoms with Crippen molar-refractivity contribution in [3.8, 4) is 5.75 Å². The average Bonchev–Trinajstić information content (AvgIpc) is 2.39. The van der Waals surface area contributed by atoms with Gasteiger partial charge in [0.25, 0.3) is 0 Å². The Hall–Kier alpha value is -1.77. The highest BCUT2D eigenvalue weighted by molar-refractivity contribution is 5.81. The number of hydrogen-bond donors (Lipinski definition) is 1. The minimum absolute atomic E-state index is 0.227. The molecular weight excluding hydrogens is 228 g/mol. The van der Waals surface area contributed by atoms with Gasteiger partial charge in [0.15, 0.2) is 0 Å². The van der Waals surface area contributed by atoms with E-state index in [9.17, 15) is 4.79 Å². The molecule has 1 unspecified atom stereocenters. The third-order valence-corrected chi connectivity index (χ3v) is 3.46. The van der Waals surface area contributed by atoms with Crippen molar-refractivity contribution in [2.24, 2.45) is 0 Å². The highest BCUT2D eigenvalue weighted by Gasteiger charge is 2.21. The maximum absolute atomic E-state index is 10.9. The molecule has 0 saturated heterocycles. The number of carboxylic acid groups (broad SMARTS) is 1. The van der Waals surface area contributed by atoms with Crippen LogP contribution in [0.5, 0.6) is 5.75 Å². The van der Waals surface area contributed by atoms with Crippen molar-refractivity contribution in [1.82, 2.24) is 0 Å². The summed E-state index contributed by atoms with van der Waals surface area (Å²) in [7, 11) is 1.65. The van der Waals surface area contributed by atoms with Gasteiger partial charge in [-0.1, -0.05) is 24.1 Å². The van der Waals surface area contributed by atoms with Crippen molar-refractivity contribution in [3.63, 3.8) is 0 Å². The van der Waals surface area contributed by atoms with Gasteiger partial charge in [0.1, 0.15) is 5.75 Å². The largest absolute Gasteiger partial charge is 0.497 e. The molecule has 2 rings (SSSR count). The number of rotatable bonds is 3. The van der Waals surface area contributed by atoms with Gasteiger partial charge >= 0.3 is 5.97 Å². The van der Waals surface area contributed by atoms with E-state index in [0.29, 0.717) is 0 Å². The molecule has 96 valence electrons. The molecule has 0 aliphatic heterocycles. The van der Waals surface area contributed by atoms with E-state index in [0.717, 1.165) is 42.6 Å². The van der Waals surface area contributed by atoms with Gasteiger partial charge in [-0.3, -0.25) is 0 Å². The summed E-state index contributed by atoms with van der Waals surface area (Å²) in [5, 5.41) is 8.93. The Balaban J connectivity index is 2.30. The Labute approximate surface area is 107 Å². The summed E-state index contributed by atoms with van der Waals surface area (Å²) >= 11 is 0. The zero-order valence-corrected chi connectivity index (χ0v) is 10.6. The van der Waals surface area contributed by atoms with Gasteiger partial charge in [0, 0.05) is 12.0 Å². The normalized spacial score (nSPS) is 21.8. The molecule has 0 bridgehead atoms. The minimum Gasteiger partial charge on any atom is -0.497 e. The second-order valence-electron chi connectivity index (χ2n) is 4.63. The molecule has 1 aliphatic carbocycles. The zero-order chi connectivity index (χ0) is 13.0. The van der Waals surface area contributed by atoms with Gasteiger partial charge in [-0.25, -0.2) is 4.79 Å². The number of methoxy groups -OCH3 is 1. The first kappa shape index (κ1) is 12.7. The van der Waals surface area contributed by atoms with Crippen LogP contribution in [0.2, 0.25) is 0 Å². The Bertz CT molecular complexity index is 463. The number of benzene rings is 1. The monoisotopic (exact) mass is 246 g/mol. The minimum atomic E-state index is -0.847. The molecule has 0 radical (unpaired) electrons. The molecule has 0 heterocycles. The van der Waals surface area contributed by atoms with Gasteiger partial charge in [-0.15, -0.1) is 0 Å². The SMILES string of the molecule is COc1cccc(C2CCCCC2=CC(=O)O)c1. The number of allylic oxidation sites excluding steroid dienone is 1. The van der Waals surface area contributed by atoms with Gasteiger partial charge in [0.05, 0.1) is 7.11 Å². The van der Waals surface area contributed by atoms with Crippen molar-refractivity contribution >= 4 is 5.97 Å².